The molecule has 2 atom stereocenters. The topological polar surface area (TPSA) is 57.7 Å². The third kappa shape index (κ3) is 2.78. The third-order valence-electron chi connectivity index (χ3n) is 4.95. The lowest BCUT2D eigenvalue weighted by atomic mass is 10.1. The molecule has 1 amide bonds. The van der Waals surface area contributed by atoms with E-state index < -0.39 is 10.0 Å². The van der Waals surface area contributed by atoms with Crippen molar-refractivity contribution in [3.8, 4) is 0 Å². The van der Waals surface area contributed by atoms with Crippen molar-refractivity contribution < 1.29 is 13.2 Å². The van der Waals surface area contributed by atoms with Crippen LogP contribution >= 0.6 is 0 Å². The number of anilines is 1. The summed E-state index contributed by atoms with van der Waals surface area (Å²) < 4.78 is 27.5. The van der Waals surface area contributed by atoms with E-state index in [0.29, 0.717) is 17.9 Å². The van der Waals surface area contributed by atoms with Crippen molar-refractivity contribution in [3.63, 3.8) is 0 Å². The second-order valence-electron chi connectivity index (χ2n) is 6.69. The lowest BCUT2D eigenvalue weighted by Gasteiger charge is -2.32. The third-order valence-corrected chi connectivity index (χ3v) is 6.96. The second kappa shape index (κ2) is 5.91. The van der Waals surface area contributed by atoms with Crippen molar-refractivity contribution in [2.75, 3.05) is 11.4 Å². The Morgan fingerprint density at radius 1 is 1.17 bits per heavy atom. The van der Waals surface area contributed by atoms with Crippen LogP contribution in [0, 0.1) is 0 Å². The first-order valence-corrected chi connectivity index (χ1v) is 9.71. The summed E-state index contributed by atoms with van der Waals surface area (Å²) in [4.78, 5) is 13.9. The van der Waals surface area contributed by atoms with Gasteiger partial charge in [0.15, 0.2) is 0 Å². The summed E-state index contributed by atoms with van der Waals surface area (Å²) >= 11 is 0. The minimum Gasteiger partial charge on any atom is -0.309 e. The number of hydrogen-bond donors (Lipinski definition) is 0. The van der Waals surface area contributed by atoms with Gasteiger partial charge in [-0.15, -0.1) is 0 Å². The maximum absolute atomic E-state index is 12.9. The number of amides is 1. The predicted molar refractivity (Wildman–Crippen MR) is 90.0 cm³/mol. The number of nitrogens with zero attached hydrogens (tertiary/aromatic N) is 2. The van der Waals surface area contributed by atoms with Crippen LogP contribution in [0.3, 0.4) is 0 Å². The SMILES string of the molecule is CC(=O)N1c2ccc(S(=O)(=O)N3CCCC[C@@H]3C)cc2C[C@@H]1C. The highest BCUT2D eigenvalue weighted by atomic mass is 32.2. The van der Waals surface area contributed by atoms with E-state index in [9.17, 15) is 13.2 Å². The van der Waals surface area contributed by atoms with Gasteiger partial charge in [-0.2, -0.15) is 4.31 Å². The van der Waals surface area contributed by atoms with Crippen molar-refractivity contribution >= 4 is 21.6 Å². The standard InChI is InChI=1S/C17H24N2O3S/c1-12-6-4-5-9-18(12)23(21,22)16-7-8-17-15(11-16)10-13(2)19(17)14(3)20/h7-8,11-13H,4-6,9-10H2,1-3H3/t12-,13-/m0/s1. The molecule has 0 saturated carbocycles. The van der Waals surface area contributed by atoms with Gasteiger partial charge >= 0.3 is 0 Å². The zero-order valence-electron chi connectivity index (χ0n) is 13.9. The number of piperidine rings is 1. The molecule has 0 bridgehead atoms. The number of rotatable bonds is 2. The van der Waals surface area contributed by atoms with Crippen LogP contribution in [-0.2, 0) is 21.2 Å². The number of benzene rings is 1. The summed E-state index contributed by atoms with van der Waals surface area (Å²) in [6, 6.07) is 5.31. The van der Waals surface area contributed by atoms with Crippen LogP contribution in [0.1, 0.15) is 45.6 Å². The fraction of sp³-hybridized carbons (Fsp3) is 0.588. The molecule has 2 aliphatic heterocycles. The summed E-state index contributed by atoms with van der Waals surface area (Å²) in [5, 5.41) is 0. The predicted octanol–water partition coefficient (Wildman–Crippen LogP) is 2.55. The molecule has 0 unspecified atom stereocenters. The average Bonchev–Trinajstić information content (AvgIpc) is 2.82. The molecule has 6 heteroatoms. The normalized spacial score (nSPS) is 25.4. The first-order chi connectivity index (χ1) is 10.8. The molecule has 2 heterocycles. The lowest BCUT2D eigenvalue weighted by molar-refractivity contribution is -0.116. The molecule has 1 aromatic carbocycles. The van der Waals surface area contributed by atoms with Crippen LogP contribution in [0.25, 0.3) is 0 Å². The Morgan fingerprint density at radius 2 is 1.91 bits per heavy atom. The van der Waals surface area contributed by atoms with E-state index in [1.807, 2.05) is 13.8 Å². The molecule has 126 valence electrons. The van der Waals surface area contributed by atoms with Gasteiger partial charge in [0.05, 0.1) is 4.90 Å². The maximum atomic E-state index is 12.9. The smallest absolute Gasteiger partial charge is 0.243 e. The molecule has 0 aromatic heterocycles. The summed E-state index contributed by atoms with van der Waals surface area (Å²) in [5.41, 5.74) is 1.79. The molecule has 5 nitrogen and oxygen atoms in total. The Labute approximate surface area is 138 Å². The van der Waals surface area contributed by atoms with E-state index in [1.165, 1.54) is 0 Å². The Bertz CT molecular complexity index is 729. The molecule has 2 aliphatic rings. The van der Waals surface area contributed by atoms with Crippen molar-refractivity contribution in [2.24, 2.45) is 0 Å². The van der Waals surface area contributed by atoms with Crippen molar-refractivity contribution in [1.82, 2.24) is 4.31 Å². The van der Waals surface area contributed by atoms with Crippen LogP contribution in [0.15, 0.2) is 23.1 Å². The number of hydrogen-bond acceptors (Lipinski definition) is 3. The molecule has 1 aromatic rings. The summed E-state index contributed by atoms with van der Waals surface area (Å²) in [6.45, 7) is 6.11. The van der Waals surface area contributed by atoms with E-state index in [-0.39, 0.29) is 18.0 Å². The number of fused-ring (bicyclic) bond motifs is 1. The fourth-order valence-corrected chi connectivity index (χ4v) is 5.56. The Kier molecular flexibility index (Phi) is 4.23. The van der Waals surface area contributed by atoms with E-state index in [0.717, 1.165) is 30.5 Å². The number of carbonyl (C=O) groups excluding carboxylic acids is 1. The van der Waals surface area contributed by atoms with Crippen LogP contribution in [0.5, 0.6) is 0 Å². The summed E-state index contributed by atoms with van der Waals surface area (Å²) in [7, 11) is -3.46. The zero-order chi connectivity index (χ0) is 16.8. The minimum atomic E-state index is -3.46. The average molecular weight is 336 g/mol. The highest BCUT2D eigenvalue weighted by Gasteiger charge is 2.34. The summed E-state index contributed by atoms with van der Waals surface area (Å²) in [5.74, 6) is -0.00323. The number of carbonyl (C=O) groups is 1. The molecule has 0 aliphatic carbocycles. The zero-order valence-corrected chi connectivity index (χ0v) is 14.8. The van der Waals surface area contributed by atoms with Gasteiger partial charge in [-0.05, 0) is 56.9 Å². The summed E-state index contributed by atoms with van der Waals surface area (Å²) in [6.07, 6.45) is 3.62. The number of sulfonamides is 1. The molecule has 23 heavy (non-hydrogen) atoms. The maximum Gasteiger partial charge on any atom is 0.243 e. The largest absolute Gasteiger partial charge is 0.309 e. The van der Waals surface area contributed by atoms with Crippen molar-refractivity contribution in [2.45, 2.75) is 63.4 Å². The molecule has 0 N–H and O–H groups in total. The van der Waals surface area contributed by atoms with Crippen LogP contribution < -0.4 is 4.90 Å². The van der Waals surface area contributed by atoms with E-state index >= 15 is 0 Å². The fourth-order valence-electron chi connectivity index (χ4n) is 3.81. The van der Waals surface area contributed by atoms with E-state index in [4.69, 9.17) is 0 Å². The van der Waals surface area contributed by atoms with Gasteiger partial charge in [0.25, 0.3) is 0 Å². The first-order valence-electron chi connectivity index (χ1n) is 8.27. The van der Waals surface area contributed by atoms with E-state index in [2.05, 4.69) is 0 Å². The molecule has 0 radical (unpaired) electrons. The molecule has 1 fully saturated rings. The van der Waals surface area contributed by atoms with Crippen molar-refractivity contribution in [3.05, 3.63) is 23.8 Å². The molecular weight excluding hydrogens is 312 g/mol. The monoisotopic (exact) mass is 336 g/mol. The van der Waals surface area contributed by atoms with Gasteiger partial charge in [-0.1, -0.05) is 6.42 Å². The second-order valence-corrected chi connectivity index (χ2v) is 8.58. The minimum absolute atomic E-state index is 0.00323. The quantitative estimate of drug-likeness (QED) is 0.834. The molecule has 3 rings (SSSR count). The van der Waals surface area contributed by atoms with Crippen LogP contribution in [0.4, 0.5) is 5.69 Å². The molecular formula is C17H24N2O3S. The lowest BCUT2D eigenvalue weighted by Crippen LogP contribution is -2.41. The van der Waals surface area contributed by atoms with Gasteiger partial charge in [0, 0.05) is 31.2 Å². The van der Waals surface area contributed by atoms with Gasteiger partial charge in [-0.25, -0.2) is 8.42 Å². The van der Waals surface area contributed by atoms with Gasteiger partial charge in [-0.3, -0.25) is 4.79 Å². The van der Waals surface area contributed by atoms with Crippen molar-refractivity contribution in [1.29, 1.82) is 0 Å². The Morgan fingerprint density at radius 3 is 2.57 bits per heavy atom. The van der Waals surface area contributed by atoms with Crippen LogP contribution in [0.2, 0.25) is 0 Å². The highest BCUT2D eigenvalue weighted by Crippen LogP contribution is 2.35. The Hall–Kier alpha value is -1.40. The highest BCUT2D eigenvalue weighted by molar-refractivity contribution is 7.89. The van der Waals surface area contributed by atoms with E-state index in [1.54, 1.807) is 34.3 Å². The molecule has 1 saturated heterocycles. The first kappa shape index (κ1) is 16.5. The van der Waals surface area contributed by atoms with Crippen LogP contribution in [-0.4, -0.2) is 37.3 Å². The van der Waals surface area contributed by atoms with Gasteiger partial charge in [0.2, 0.25) is 15.9 Å². The van der Waals surface area contributed by atoms with Gasteiger partial charge < -0.3 is 4.90 Å². The molecule has 0 spiro atoms. The Balaban J connectivity index is 1.97. The van der Waals surface area contributed by atoms with Gasteiger partial charge in [0.1, 0.15) is 0 Å².